The summed E-state index contributed by atoms with van der Waals surface area (Å²) in [5, 5.41) is 12.4. The van der Waals surface area contributed by atoms with Crippen LogP contribution in [0.3, 0.4) is 0 Å². The highest BCUT2D eigenvalue weighted by Crippen LogP contribution is 2.63. The largest absolute Gasteiger partial charge is 0.384 e. The van der Waals surface area contributed by atoms with Crippen LogP contribution in [0.15, 0.2) is 24.3 Å². The van der Waals surface area contributed by atoms with Crippen LogP contribution in [0.5, 0.6) is 0 Å². The van der Waals surface area contributed by atoms with Gasteiger partial charge >= 0.3 is 0 Å². The van der Waals surface area contributed by atoms with E-state index in [2.05, 4.69) is 25.2 Å². The number of methoxy groups -OCH3 is 1. The zero-order valence-electron chi connectivity index (χ0n) is 22.0. The van der Waals surface area contributed by atoms with E-state index in [4.69, 9.17) is 10.00 Å². The molecule has 0 bridgehead atoms. The normalized spacial score (nSPS) is 39.3. The number of nitriles is 1. The fourth-order valence-corrected chi connectivity index (χ4v) is 9.48. The molecule has 1 amide bonds. The molecule has 35 heavy (non-hydrogen) atoms. The van der Waals surface area contributed by atoms with Gasteiger partial charge in [0.1, 0.15) is 0 Å². The standard InChI is InChI=1S/C31H44N2O2/c1-20(33-30(34)23-10-7-21(18-32)8-11-23)28-5-4-6-29-27-14-12-24-17-22(19-35-3)9-13-25(24)26(27)15-16-31(28,29)2/h7-8,10-11,20,22,24-29H,4-6,9,12-17,19H2,1-3H3,(H,33,34)/t20-,22+,24?,25+,26?,27-,28-,29?,31-/m1/s1. The van der Waals surface area contributed by atoms with Crippen molar-refractivity contribution in [2.75, 3.05) is 13.7 Å². The first-order valence-electron chi connectivity index (χ1n) is 14.2. The molecule has 4 fully saturated rings. The molecule has 0 aromatic heterocycles. The second kappa shape index (κ2) is 10.3. The Labute approximate surface area is 212 Å². The van der Waals surface area contributed by atoms with E-state index in [1.807, 2.05) is 7.11 Å². The smallest absolute Gasteiger partial charge is 0.251 e. The van der Waals surface area contributed by atoms with Crippen molar-refractivity contribution in [3.63, 3.8) is 0 Å². The Balaban J connectivity index is 1.27. The van der Waals surface area contributed by atoms with E-state index in [9.17, 15) is 4.79 Å². The Morgan fingerprint density at radius 1 is 1.09 bits per heavy atom. The highest BCUT2D eigenvalue weighted by atomic mass is 16.5. The lowest BCUT2D eigenvalue weighted by Crippen LogP contribution is -2.56. The van der Waals surface area contributed by atoms with Crippen LogP contribution in [0.1, 0.15) is 94.0 Å². The van der Waals surface area contributed by atoms with E-state index in [1.165, 1.54) is 64.2 Å². The maximum atomic E-state index is 13.0. The third-order valence-electron chi connectivity index (χ3n) is 11.0. The summed E-state index contributed by atoms with van der Waals surface area (Å²) in [5.41, 5.74) is 1.58. The van der Waals surface area contributed by atoms with Crippen molar-refractivity contribution in [1.82, 2.24) is 5.32 Å². The van der Waals surface area contributed by atoms with Crippen molar-refractivity contribution < 1.29 is 9.53 Å². The molecule has 0 saturated heterocycles. The van der Waals surface area contributed by atoms with Gasteiger partial charge in [-0.2, -0.15) is 5.26 Å². The van der Waals surface area contributed by atoms with Crippen molar-refractivity contribution in [3.8, 4) is 6.07 Å². The molecule has 4 aliphatic rings. The zero-order chi connectivity index (χ0) is 24.6. The number of nitrogens with zero attached hydrogens (tertiary/aromatic N) is 1. The van der Waals surface area contributed by atoms with Crippen LogP contribution in [0.4, 0.5) is 0 Å². The molecular weight excluding hydrogens is 432 g/mol. The molecule has 0 spiro atoms. The van der Waals surface area contributed by atoms with Crippen molar-refractivity contribution in [3.05, 3.63) is 35.4 Å². The minimum Gasteiger partial charge on any atom is -0.384 e. The molecule has 4 aliphatic carbocycles. The van der Waals surface area contributed by atoms with Crippen LogP contribution >= 0.6 is 0 Å². The van der Waals surface area contributed by atoms with Crippen LogP contribution in [0.2, 0.25) is 0 Å². The summed E-state index contributed by atoms with van der Waals surface area (Å²) in [6.45, 7) is 5.76. The second-order valence-corrected chi connectivity index (χ2v) is 12.6. The Bertz CT molecular complexity index is 936. The van der Waals surface area contributed by atoms with E-state index in [0.717, 1.165) is 42.1 Å². The van der Waals surface area contributed by atoms with Crippen LogP contribution in [-0.2, 0) is 4.74 Å². The lowest BCUT2D eigenvalue weighted by Gasteiger charge is -2.61. The SMILES string of the molecule is COC[C@H]1CC[C@H]2C(CC[C@@H]3C2CC[C@@]2(C)C3CCC[C@@H]2[C@@H](C)NC(=O)c2ccc(C#N)cc2)C1. The topological polar surface area (TPSA) is 62.1 Å². The van der Waals surface area contributed by atoms with E-state index >= 15 is 0 Å². The number of carbonyl (C=O) groups excluding carboxylic acids is 1. The van der Waals surface area contributed by atoms with E-state index in [0.29, 0.717) is 22.5 Å². The minimum absolute atomic E-state index is 0.00488. The van der Waals surface area contributed by atoms with Crippen LogP contribution in [-0.4, -0.2) is 25.7 Å². The monoisotopic (exact) mass is 476 g/mol. The second-order valence-electron chi connectivity index (χ2n) is 12.6. The molecule has 1 aromatic carbocycles. The third kappa shape index (κ3) is 4.66. The van der Waals surface area contributed by atoms with Gasteiger partial charge in [-0.1, -0.05) is 13.3 Å². The summed E-state index contributed by atoms with van der Waals surface area (Å²) in [5.74, 6) is 5.82. The number of hydrogen-bond acceptors (Lipinski definition) is 3. The van der Waals surface area contributed by atoms with Crippen molar-refractivity contribution >= 4 is 5.91 Å². The molecule has 1 N–H and O–H groups in total. The summed E-state index contributed by atoms with van der Waals surface area (Å²) >= 11 is 0. The van der Waals surface area contributed by atoms with E-state index < -0.39 is 0 Å². The average Bonchev–Trinajstić information content (AvgIpc) is 2.87. The van der Waals surface area contributed by atoms with Crippen LogP contribution < -0.4 is 5.32 Å². The average molecular weight is 477 g/mol. The number of amides is 1. The van der Waals surface area contributed by atoms with Crippen LogP contribution in [0.25, 0.3) is 0 Å². The molecule has 1 aromatic rings. The first-order valence-corrected chi connectivity index (χ1v) is 14.2. The fraction of sp³-hybridized carbons (Fsp3) is 0.742. The van der Waals surface area contributed by atoms with Gasteiger partial charge in [-0.25, -0.2) is 0 Å². The third-order valence-corrected chi connectivity index (χ3v) is 11.0. The highest BCUT2D eigenvalue weighted by Gasteiger charge is 2.56. The Hall–Kier alpha value is -1.86. The van der Waals surface area contributed by atoms with Gasteiger partial charge in [0.2, 0.25) is 0 Å². The van der Waals surface area contributed by atoms with E-state index in [-0.39, 0.29) is 11.9 Å². The molecule has 4 heteroatoms. The predicted octanol–water partition coefficient (Wildman–Crippen LogP) is 6.60. The summed E-state index contributed by atoms with van der Waals surface area (Å²) in [4.78, 5) is 13.0. The lowest BCUT2D eigenvalue weighted by molar-refractivity contribution is -0.116. The molecule has 4 saturated carbocycles. The number of ether oxygens (including phenoxy) is 1. The highest BCUT2D eigenvalue weighted by molar-refractivity contribution is 5.94. The number of carbonyl (C=O) groups is 1. The molecule has 0 heterocycles. The van der Waals surface area contributed by atoms with Gasteiger partial charge < -0.3 is 10.1 Å². The number of hydrogen-bond donors (Lipinski definition) is 1. The lowest BCUT2D eigenvalue weighted by atomic mass is 9.44. The van der Waals surface area contributed by atoms with Gasteiger partial charge in [-0.05, 0) is 136 Å². The Morgan fingerprint density at radius 2 is 1.86 bits per heavy atom. The predicted molar refractivity (Wildman–Crippen MR) is 139 cm³/mol. The minimum atomic E-state index is -0.00488. The molecule has 3 unspecified atom stereocenters. The quantitative estimate of drug-likeness (QED) is 0.521. The van der Waals surface area contributed by atoms with Crippen molar-refractivity contribution in [2.45, 2.75) is 84.1 Å². The number of nitrogens with one attached hydrogen (secondary N) is 1. The Morgan fingerprint density at radius 3 is 2.60 bits per heavy atom. The number of rotatable bonds is 5. The molecule has 9 atom stereocenters. The fourth-order valence-electron chi connectivity index (χ4n) is 9.48. The zero-order valence-corrected chi connectivity index (χ0v) is 22.0. The first-order chi connectivity index (χ1) is 16.9. The molecular formula is C31H44N2O2. The van der Waals surface area contributed by atoms with Crippen molar-refractivity contribution in [2.24, 2.45) is 46.8 Å². The summed E-state index contributed by atoms with van der Waals surface area (Å²) in [6.07, 6.45) is 13.6. The van der Waals surface area contributed by atoms with E-state index in [1.54, 1.807) is 24.3 Å². The molecule has 0 aliphatic heterocycles. The van der Waals surface area contributed by atoms with Crippen LogP contribution in [0, 0.1) is 58.2 Å². The van der Waals surface area contributed by atoms with Gasteiger partial charge in [-0.3, -0.25) is 4.79 Å². The summed E-state index contributed by atoms with van der Waals surface area (Å²) in [7, 11) is 1.86. The summed E-state index contributed by atoms with van der Waals surface area (Å²) in [6, 6.07) is 9.32. The maximum Gasteiger partial charge on any atom is 0.251 e. The number of benzene rings is 1. The number of fused-ring (bicyclic) bond motifs is 5. The van der Waals surface area contributed by atoms with Gasteiger partial charge in [0.15, 0.2) is 0 Å². The maximum absolute atomic E-state index is 13.0. The van der Waals surface area contributed by atoms with Gasteiger partial charge in [0.25, 0.3) is 5.91 Å². The van der Waals surface area contributed by atoms with Crippen molar-refractivity contribution in [1.29, 1.82) is 5.26 Å². The molecule has 190 valence electrons. The van der Waals surface area contributed by atoms with Gasteiger partial charge in [0.05, 0.1) is 11.6 Å². The molecule has 4 nitrogen and oxygen atoms in total. The Kier molecular flexibility index (Phi) is 7.27. The van der Waals surface area contributed by atoms with Gasteiger partial charge in [-0.15, -0.1) is 0 Å². The first kappa shape index (κ1) is 24.8. The molecule has 0 radical (unpaired) electrons. The summed E-state index contributed by atoms with van der Waals surface area (Å²) < 4.78 is 5.51. The molecule has 5 rings (SSSR count). The van der Waals surface area contributed by atoms with Gasteiger partial charge in [0, 0.05) is 25.3 Å².